The minimum absolute atomic E-state index is 0.0212. The zero-order chi connectivity index (χ0) is 35.5. The molecule has 3 aromatic rings. The molecule has 2 aromatic carbocycles. The van der Waals surface area contributed by atoms with Gasteiger partial charge in [-0.2, -0.15) is 9.97 Å². The van der Waals surface area contributed by atoms with E-state index in [0.717, 1.165) is 93.0 Å². The molecule has 1 amide bonds. The largest absolute Gasteiger partial charge is 0.497 e. The van der Waals surface area contributed by atoms with Crippen LogP contribution in [-0.4, -0.2) is 102 Å². The lowest BCUT2D eigenvalue weighted by atomic mass is 9.95. The lowest BCUT2D eigenvalue weighted by Gasteiger charge is -2.43. The molecule has 51 heavy (non-hydrogen) atoms. The van der Waals surface area contributed by atoms with Gasteiger partial charge in [-0.05, 0) is 95.7 Å². The predicted octanol–water partition coefficient (Wildman–Crippen LogP) is 6.70. The van der Waals surface area contributed by atoms with Gasteiger partial charge >= 0.3 is 12.1 Å². The minimum Gasteiger partial charge on any atom is -0.497 e. The van der Waals surface area contributed by atoms with Crippen molar-refractivity contribution in [3.63, 3.8) is 0 Å². The van der Waals surface area contributed by atoms with E-state index in [1.54, 1.807) is 7.11 Å². The van der Waals surface area contributed by atoms with Crippen LogP contribution in [0, 0.1) is 0 Å². The molecular formula is C40H53FN6O4. The molecule has 11 heteroatoms. The summed E-state index contributed by atoms with van der Waals surface area (Å²) in [7, 11) is 1.73. The first-order valence-electron chi connectivity index (χ1n) is 19.1. The number of halogens is 1. The van der Waals surface area contributed by atoms with Crippen molar-refractivity contribution in [2.75, 3.05) is 56.4 Å². The fourth-order valence-corrected chi connectivity index (χ4v) is 9.70. The van der Waals surface area contributed by atoms with Crippen molar-refractivity contribution in [2.45, 2.75) is 115 Å². The number of carbonyl (C=O) groups is 1. The van der Waals surface area contributed by atoms with Crippen LogP contribution in [0.1, 0.15) is 83.0 Å². The van der Waals surface area contributed by atoms with E-state index in [9.17, 15) is 9.18 Å². The van der Waals surface area contributed by atoms with Gasteiger partial charge in [0.15, 0.2) is 0 Å². The predicted molar refractivity (Wildman–Crippen MR) is 197 cm³/mol. The van der Waals surface area contributed by atoms with Gasteiger partial charge in [0.1, 0.15) is 30.4 Å². The average molecular weight is 701 g/mol. The number of benzene rings is 2. The number of methoxy groups -OCH3 is 1. The Kier molecular flexibility index (Phi) is 8.92. The number of fused-ring (bicyclic) bond motifs is 5. The summed E-state index contributed by atoms with van der Waals surface area (Å²) in [6.07, 6.45) is 7.26. The summed E-state index contributed by atoms with van der Waals surface area (Å²) in [5.74, 6) is 1.76. The monoisotopic (exact) mass is 700 g/mol. The van der Waals surface area contributed by atoms with Crippen molar-refractivity contribution in [3.8, 4) is 11.8 Å². The lowest BCUT2D eigenvalue weighted by molar-refractivity contribution is 0.0122. The smallest absolute Gasteiger partial charge is 0.410 e. The Morgan fingerprint density at radius 3 is 2.57 bits per heavy atom. The molecule has 4 saturated heterocycles. The number of nitrogens with zero attached hydrogens (tertiary/aromatic N) is 6. The molecule has 4 fully saturated rings. The molecule has 5 aliphatic rings. The second kappa shape index (κ2) is 13.3. The highest BCUT2D eigenvalue weighted by Crippen LogP contribution is 2.44. The standard InChI is InChI=1S/C40H53FN6O4/c1-6-26-9-7-10-27-19-31(49-5)20-34(35(26)27)44-18-14-32-33(24-44)42-37(50-25-40-15-8-17-46(40)28(21-41)13-16-40)43-36(32)45-22-29-11-12-30(23-45)47(29)38(48)51-39(2,3)4/h7,9-10,19-20,28-30H,6,8,11-18,21-25H2,1-5H3/t28?,29-,30+,40?. The number of aromatic nitrogens is 2. The Balaban J connectivity index is 1.13. The number of hydrogen-bond acceptors (Lipinski definition) is 9. The highest BCUT2D eigenvalue weighted by molar-refractivity contribution is 5.98. The summed E-state index contributed by atoms with van der Waals surface area (Å²) in [6, 6.07) is 11.3. The quantitative estimate of drug-likeness (QED) is 0.255. The van der Waals surface area contributed by atoms with E-state index in [0.29, 0.717) is 32.3 Å². The third-order valence-corrected chi connectivity index (χ3v) is 12.1. The van der Waals surface area contributed by atoms with Gasteiger partial charge in [-0.3, -0.25) is 9.80 Å². The van der Waals surface area contributed by atoms with Crippen molar-refractivity contribution in [1.82, 2.24) is 19.8 Å². The number of ether oxygens (including phenoxy) is 3. The average Bonchev–Trinajstić information content (AvgIpc) is 3.77. The highest BCUT2D eigenvalue weighted by atomic mass is 19.1. The molecular weight excluding hydrogens is 647 g/mol. The van der Waals surface area contributed by atoms with Gasteiger partial charge in [0.25, 0.3) is 0 Å². The van der Waals surface area contributed by atoms with Gasteiger partial charge in [0, 0.05) is 48.4 Å². The van der Waals surface area contributed by atoms with Crippen LogP contribution < -0.4 is 19.3 Å². The second-order valence-electron chi connectivity index (χ2n) is 16.3. The van der Waals surface area contributed by atoms with Crippen LogP contribution in [0.4, 0.5) is 20.7 Å². The summed E-state index contributed by atoms with van der Waals surface area (Å²) in [5.41, 5.74) is 3.90. The second-order valence-corrected chi connectivity index (χ2v) is 16.3. The first-order chi connectivity index (χ1) is 24.6. The van der Waals surface area contributed by atoms with Crippen molar-refractivity contribution >= 4 is 28.4 Å². The molecule has 2 bridgehead atoms. The van der Waals surface area contributed by atoms with Crippen LogP contribution in [0.5, 0.6) is 11.8 Å². The fourth-order valence-electron chi connectivity index (χ4n) is 9.70. The van der Waals surface area contributed by atoms with Crippen LogP contribution in [0.2, 0.25) is 0 Å². The summed E-state index contributed by atoms with van der Waals surface area (Å²) in [5, 5.41) is 2.43. The molecule has 5 aliphatic heterocycles. The maximum Gasteiger partial charge on any atom is 0.410 e. The van der Waals surface area contributed by atoms with Crippen molar-refractivity contribution in [2.24, 2.45) is 0 Å². The molecule has 0 N–H and O–H groups in total. The van der Waals surface area contributed by atoms with Crippen molar-refractivity contribution in [1.29, 1.82) is 0 Å². The van der Waals surface area contributed by atoms with E-state index >= 15 is 0 Å². The van der Waals surface area contributed by atoms with E-state index in [-0.39, 0.29) is 36.4 Å². The molecule has 0 aliphatic carbocycles. The zero-order valence-electron chi connectivity index (χ0n) is 30.9. The van der Waals surface area contributed by atoms with E-state index in [4.69, 9.17) is 24.2 Å². The molecule has 274 valence electrons. The number of amides is 1. The Morgan fingerprint density at radius 1 is 1.04 bits per heavy atom. The Labute approximate surface area is 301 Å². The van der Waals surface area contributed by atoms with Gasteiger partial charge in [-0.1, -0.05) is 25.1 Å². The summed E-state index contributed by atoms with van der Waals surface area (Å²) in [4.78, 5) is 32.8. The first kappa shape index (κ1) is 34.2. The first-order valence-corrected chi connectivity index (χ1v) is 19.1. The topological polar surface area (TPSA) is 83.5 Å². The van der Waals surface area contributed by atoms with Gasteiger partial charge in [-0.15, -0.1) is 0 Å². The third kappa shape index (κ3) is 6.23. The number of rotatable bonds is 8. The molecule has 8 rings (SSSR count). The molecule has 0 saturated carbocycles. The highest BCUT2D eigenvalue weighted by Gasteiger charge is 2.50. The lowest BCUT2D eigenvalue weighted by Crippen LogP contribution is -2.57. The van der Waals surface area contributed by atoms with Crippen LogP contribution in [0.25, 0.3) is 10.8 Å². The number of anilines is 2. The number of hydrogen-bond donors (Lipinski definition) is 0. The molecule has 0 spiro atoms. The molecule has 0 radical (unpaired) electrons. The van der Waals surface area contributed by atoms with Crippen molar-refractivity contribution in [3.05, 3.63) is 47.2 Å². The fraction of sp³-hybridized carbons (Fsp3) is 0.625. The summed E-state index contributed by atoms with van der Waals surface area (Å²) in [6.45, 7) is 11.9. The third-order valence-electron chi connectivity index (χ3n) is 12.1. The summed E-state index contributed by atoms with van der Waals surface area (Å²) < 4.78 is 32.2. The summed E-state index contributed by atoms with van der Waals surface area (Å²) >= 11 is 0. The Morgan fingerprint density at radius 2 is 1.84 bits per heavy atom. The normalized spacial score (nSPS) is 26.1. The van der Waals surface area contributed by atoms with Crippen LogP contribution in [0.15, 0.2) is 30.3 Å². The van der Waals surface area contributed by atoms with Crippen LogP contribution >= 0.6 is 0 Å². The van der Waals surface area contributed by atoms with Crippen molar-refractivity contribution < 1.29 is 23.4 Å². The number of carbonyl (C=O) groups excluding carboxylic acids is 1. The molecule has 1 aromatic heterocycles. The van der Waals surface area contributed by atoms with Crippen LogP contribution in [0.3, 0.4) is 0 Å². The van der Waals surface area contributed by atoms with Gasteiger partial charge < -0.3 is 24.0 Å². The maximum absolute atomic E-state index is 14.0. The zero-order valence-corrected chi connectivity index (χ0v) is 30.9. The van der Waals surface area contributed by atoms with Gasteiger partial charge in [0.2, 0.25) is 0 Å². The molecule has 10 nitrogen and oxygen atoms in total. The Bertz CT molecular complexity index is 1780. The van der Waals surface area contributed by atoms with E-state index in [1.807, 2.05) is 25.7 Å². The van der Waals surface area contributed by atoms with E-state index in [1.165, 1.54) is 16.3 Å². The molecule has 6 heterocycles. The SMILES string of the molecule is CCc1cccc2cc(OC)cc(N3CCc4c(nc(OCC56CCCN5C(CF)CC6)nc4N4C[C@H]5CC[C@@H](C4)N5C(=O)OC(C)(C)C)C3)c12. The number of piperazine rings is 1. The Hall–Kier alpha value is -3.86. The van der Waals surface area contributed by atoms with E-state index < -0.39 is 5.60 Å². The maximum atomic E-state index is 14.0. The number of aryl methyl sites for hydroxylation is 1. The van der Waals surface area contributed by atoms with Gasteiger partial charge in [0.05, 0.1) is 37.0 Å². The minimum atomic E-state index is -0.540. The molecule has 4 atom stereocenters. The van der Waals surface area contributed by atoms with Crippen LogP contribution in [-0.2, 0) is 24.1 Å². The molecule has 2 unspecified atom stereocenters. The number of alkyl halides is 1. The van der Waals surface area contributed by atoms with E-state index in [2.05, 4.69) is 52.0 Å². The van der Waals surface area contributed by atoms with Gasteiger partial charge in [-0.25, -0.2) is 9.18 Å².